The van der Waals surface area contributed by atoms with Gasteiger partial charge in [-0.15, -0.1) is 0 Å². The van der Waals surface area contributed by atoms with Crippen molar-refractivity contribution >= 4 is 0 Å². The van der Waals surface area contributed by atoms with Crippen molar-refractivity contribution < 1.29 is 30.7 Å². The maximum absolute atomic E-state index is 13.5. The third-order valence-corrected chi connectivity index (χ3v) is 3.10. The average molecular weight is 290 g/mol. The van der Waals surface area contributed by atoms with Crippen molar-refractivity contribution in [2.75, 3.05) is 0 Å². The lowest BCUT2D eigenvalue weighted by molar-refractivity contribution is -0.360. The molecule has 0 atom stereocenters. The maximum atomic E-state index is 13.5. The largest absolute Gasteiger partial charge is 0.460 e. The van der Waals surface area contributed by atoms with Gasteiger partial charge in [0.2, 0.25) is 0 Å². The number of nitrogens with one attached hydrogen (secondary N) is 1. The van der Waals surface area contributed by atoms with Crippen LogP contribution in [0.2, 0.25) is 0 Å². The Bertz CT molecular complexity index is 475. The van der Waals surface area contributed by atoms with Crippen molar-refractivity contribution in [3.63, 3.8) is 0 Å². The highest BCUT2D eigenvalue weighted by molar-refractivity contribution is 5.32. The fraction of sp³-hybridized carbons (Fsp3) is 0.700. The van der Waals surface area contributed by atoms with E-state index in [0.717, 1.165) is 0 Å². The number of hydrogen-bond donors (Lipinski definition) is 1. The van der Waals surface area contributed by atoms with Crippen molar-refractivity contribution in [3.8, 4) is 0 Å². The minimum atomic E-state index is -6.34. The second-order valence-corrected chi connectivity index (χ2v) is 4.38. The van der Waals surface area contributed by atoms with Gasteiger partial charge in [0.25, 0.3) is 0 Å². The molecule has 0 radical (unpaired) electrons. The lowest BCUT2D eigenvalue weighted by atomic mass is 9.92. The van der Waals surface area contributed by atoms with Gasteiger partial charge in [-0.25, -0.2) is 0 Å². The molecule has 1 aromatic heterocycles. The number of hydrogen-bond acceptors (Lipinski definition) is 1. The van der Waals surface area contributed by atoms with Gasteiger partial charge in [0.1, 0.15) is 5.69 Å². The van der Waals surface area contributed by atoms with Crippen LogP contribution in [0.3, 0.4) is 0 Å². The fourth-order valence-corrected chi connectivity index (χ4v) is 2.07. The first-order chi connectivity index (χ1) is 8.59. The van der Waals surface area contributed by atoms with Crippen LogP contribution < -0.4 is 0 Å². The number of nitrogens with zero attached hydrogens (tertiary/aromatic N) is 1. The van der Waals surface area contributed by atoms with E-state index in [-0.39, 0.29) is 17.7 Å². The van der Waals surface area contributed by atoms with E-state index in [1.807, 2.05) is 0 Å². The van der Waals surface area contributed by atoms with Crippen molar-refractivity contribution in [2.24, 2.45) is 0 Å². The van der Waals surface area contributed by atoms with E-state index in [1.165, 1.54) is 0 Å². The first-order valence-electron chi connectivity index (χ1n) is 5.48. The molecule has 0 aromatic carbocycles. The van der Waals surface area contributed by atoms with Crippen LogP contribution in [-0.4, -0.2) is 22.3 Å². The molecule has 1 aromatic rings. The summed E-state index contributed by atoms with van der Waals surface area (Å²) in [7, 11) is 0. The van der Waals surface area contributed by atoms with Crippen LogP contribution in [0, 0.1) is 0 Å². The fourth-order valence-electron chi connectivity index (χ4n) is 2.07. The van der Waals surface area contributed by atoms with Gasteiger partial charge in [-0.05, 0) is 25.7 Å². The van der Waals surface area contributed by atoms with Gasteiger partial charge in [-0.2, -0.15) is 35.8 Å². The van der Waals surface area contributed by atoms with Gasteiger partial charge in [0.15, 0.2) is 0 Å². The summed E-state index contributed by atoms with van der Waals surface area (Å²) in [6.07, 6.45) is -4.90. The monoisotopic (exact) mass is 290 g/mol. The summed E-state index contributed by atoms with van der Waals surface area (Å²) >= 11 is 0. The molecule has 0 saturated carbocycles. The summed E-state index contributed by atoms with van der Waals surface area (Å²) < 4.78 is 89.1. The van der Waals surface area contributed by atoms with E-state index in [9.17, 15) is 30.7 Å². The van der Waals surface area contributed by atoms with Crippen LogP contribution in [0.5, 0.6) is 0 Å². The van der Waals surface area contributed by atoms with Gasteiger partial charge in [-0.1, -0.05) is 0 Å². The molecule has 0 spiro atoms. The third-order valence-electron chi connectivity index (χ3n) is 3.10. The molecule has 0 aliphatic heterocycles. The van der Waals surface area contributed by atoms with Crippen LogP contribution in [0.25, 0.3) is 0 Å². The van der Waals surface area contributed by atoms with Gasteiger partial charge in [0, 0.05) is 11.3 Å². The number of halogens is 7. The summed E-state index contributed by atoms with van der Waals surface area (Å²) in [4.78, 5) is 0. The Morgan fingerprint density at radius 3 is 2.05 bits per heavy atom. The number of H-pyrrole nitrogens is 1. The Balaban J connectivity index is 2.48. The number of fused-ring (bicyclic) bond motifs is 1. The Kier molecular flexibility index (Phi) is 3.06. The predicted octanol–water partition coefficient (Wildman–Crippen LogP) is 3.58. The highest BCUT2D eigenvalue weighted by Gasteiger charge is 2.74. The van der Waals surface area contributed by atoms with Gasteiger partial charge >= 0.3 is 18.0 Å². The molecule has 1 heterocycles. The molecule has 0 amide bonds. The third kappa shape index (κ3) is 1.99. The van der Waals surface area contributed by atoms with Gasteiger partial charge < -0.3 is 0 Å². The van der Waals surface area contributed by atoms with E-state index < -0.39 is 23.7 Å². The van der Waals surface area contributed by atoms with Gasteiger partial charge in [0.05, 0.1) is 0 Å². The molecule has 1 N–H and O–H groups in total. The van der Waals surface area contributed by atoms with Crippen LogP contribution in [-0.2, 0) is 18.8 Å². The van der Waals surface area contributed by atoms with E-state index >= 15 is 0 Å². The van der Waals surface area contributed by atoms with Crippen molar-refractivity contribution in [2.45, 2.75) is 43.7 Å². The van der Waals surface area contributed by atoms with E-state index in [4.69, 9.17) is 0 Å². The average Bonchev–Trinajstić information content (AvgIpc) is 2.71. The highest BCUT2D eigenvalue weighted by Crippen LogP contribution is 2.52. The Morgan fingerprint density at radius 1 is 0.895 bits per heavy atom. The van der Waals surface area contributed by atoms with Crippen LogP contribution in [0.1, 0.15) is 29.8 Å². The Morgan fingerprint density at radius 2 is 1.47 bits per heavy atom. The first kappa shape index (κ1) is 14.1. The molecule has 2 rings (SSSR count). The molecule has 108 valence electrons. The summed E-state index contributed by atoms with van der Waals surface area (Å²) in [5.74, 6) is -11.5. The molecule has 9 heteroatoms. The number of rotatable bonds is 2. The highest BCUT2D eigenvalue weighted by atomic mass is 19.4. The van der Waals surface area contributed by atoms with E-state index in [1.54, 1.807) is 0 Å². The topological polar surface area (TPSA) is 28.7 Å². The second-order valence-electron chi connectivity index (χ2n) is 4.38. The zero-order valence-electron chi connectivity index (χ0n) is 9.42. The number of aromatic nitrogens is 2. The van der Waals surface area contributed by atoms with Crippen molar-refractivity contribution in [1.29, 1.82) is 0 Å². The van der Waals surface area contributed by atoms with Gasteiger partial charge in [-0.3, -0.25) is 5.10 Å². The molecular formula is C10H9F7N2. The number of aromatic amines is 1. The van der Waals surface area contributed by atoms with Crippen LogP contribution >= 0.6 is 0 Å². The zero-order valence-corrected chi connectivity index (χ0v) is 9.42. The smallest absolute Gasteiger partial charge is 0.282 e. The zero-order chi connectivity index (χ0) is 14.5. The van der Waals surface area contributed by atoms with E-state index in [0.29, 0.717) is 19.3 Å². The molecule has 0 bridgehead atoms. The summed E-state index contributed by atoms with van der Waals surface area (Å²) in [6, 6.07) is 0. The Labute approximate surface area is 103 Å². The summed E-state index contributed by atoms with van der Waals surface area (Å²) in [6.45, 7) is 0. The first-order valence-corrected chi connectivity index (χ1v) is 5.48. The normalized spacial score (nSPS) is 17.4. The molecule has 1 aliphatic carbocycles. The standard InChI is InChI=1S/C10H9F7N2/c11-8(12,9(13,14)10(15,16)17)7-5-3-1-2-4-6(5)18-19-7/h1-4H2,(H,18,19). The molecule has 0 saturated heterocycles. The van der Waals surface area contributed by atoms with Crippen LogP contribution in [0.15, 0.2) is 0 Å². The SMILES string of the molecule is FC(F)(F)C(F)(F)C(F)(F)c1n[nH]c2c1CCCC2. The quantitative estimate of drug-likeness (QED) is 0.829. The number of alkyl halides is 7. The summed E-state index contributed by atoms with van der Waals surface area (Å²) in [5.41, 5.74) is -1.51. The summed E-state index contributed by atoms with van der Waals surface area (Å²) in [5, 5.41) is 5.12. The van der Waals surface area contributed by atoms with Crippen molar-refractivity contribution in [3.05, 3.63) is 17.0 Å². The molecular weight excluding hydrogens is 281 g/mol. The predicted molar refractivity (Wildman–Crippen MR) is 50.1 cm³/mol. The molecule has 0 unspecified atom stereocenters. The lowest BCUT2D eigenvalue weighted by Crippen LogP contribution is -2.50. The minimum Gasteiger partial charge on any atom is -0.282 e. The minimum absolute atomic E-state index is 0.0185. The van der Waals surface area contributed by atoms with Crippen molar-refractivity contribution in [1.82, 2.24) is 10.2 Å². The van der Waals surface area contributed by atoms with Crippen LogP contribution in [0.4, 0.5) is 30.7 Å². The molecule has 0 fully saturated rings. The molecule has 1 aliphatic rings. The Hall–Kier alpha value is -1.28. The maximum Gasteiger partial charge on any atom is 0.460 e. The number of aryl methyl sites for hydroxylation is 1. The lowest BCUT2D eigenvalue weighted by Gasteiger charge is -2.28. The second kappa shape index (κ2) is 4.11. The molecule has 19 heavy (non-hydrogen) atoms. The van der Waals surface area contributed by atoms with E-state index in [2.05, 4.69) is 10.2 Å². The molecule has 2 nitrogen and oxygen atoms in total.